The third-order valence-electron chi connectivity index (χ3n) is 3.55. The smallest absolute Gasteiger partial charge is 0.272 e. The van der Waals surface area contributed by atoms with Crippen molar-refractivity contribution in [3.05, 3.63) is 51.5 Å². The van der Waals surface area contributed by atoms with Crippen LogP contribution < -0.4 is 9.54 Å². The van der Waals surface area contributed by atoms with E-state index in [0.29, 0.717) is 6.61 Å². The first-order valence-corrected chi connectivity index (χ1v) is 9.97. The summed E-state index contributed by atoms with van der Waals surface area (Å²) in [6.45, 7) is 5.55. The number of thiazole rings is 1. The number of ether oxygens (including phenoxy) is 1. The Kier molecular flexibility index (Phi) is 5.83. The molecule has 0 aliphatic heterocycles. The van der Waals surface area contributed by atoms with E-state index in [1.165, 1.54) is 17.4 Å². The van der Waals surface area contributed by atoms with Crippen LogP contribution in [-0.4, -0.2) is 17.1 Å². The Balaban J connectivity index is 1.98. The van der Waals surface area contributed by atoms with Crippen LogP contribution in [0.1, 0.15) is 25.1 Å². The summed E-state index contributed by atoms with van der Waals surface area (Å²) in [4.78, 5) is 18.3. The number of carbonyl (C=O) groups is 1. The summed E-state index contributed by atoms with van der Waals surface area (Å²) in [6, 6.07) is 9.95. The Morgan fingerprint density at radius 1 is 1.32 bits per heavy atom. The number of nitrogens with zero attached hydrogens (tertiary/aromatic N) is 2. The molecule has 4 nitrogen and oxygen atoms in total. The molecule has 0 radical (unpaired) electrons. The Morgan fingerprint density at radius 3 is 2.92 bits per heavy atom. The van der Waals surface area contributed by atoms with Crippen LogP contribution in [0.15, 0.2) is 46.8 Å². The predicted octanol–water partition coefficient (Wildman–Crippen LogP) is 4.71. The highest BCUT2D eigenvalue weighted by molar-refractivity contribution is 7.16. The highest BCUT2D eigenvalue weighted by Crippen LogP contribution is 2.23. The van der Waals surface area contributed by atoms with E-state index in [2.05, 4.69) is 16.5 Å². The van der Waals surface area contributed by atoms with Gasteiger partial charge in [0.05, 0.1) is 16.8 Å². The van der Waals surface area contributed by atoms with Gasteiger partial charge in [0, 0.05) is 17.5 Å². The van der Waals surface area contributed by atoms with Crippen LogP contribution >= 0.6 is 22.7 Å². The van der Waals surface area contributed by atoms with Crippen molar-refractivity contribution < 1.29 is 9.53 Å². The first kappa shape index (κ1) is 17.6. The van der Waals surface area contributed by atoms with E-state index in [1.54, 1.807) is 17.4 Å². The van der Waals surface area contributed by atoms with Gasteiger partial charge >= 0.3 is 0 Å². The average molecular weight is 373 g/mol. The van der Waals surface area contributed by atoms with Crippen LogP contribution in [-0.2, 0) is 11.3 Å². The number of amides is 1. The Hall–Kier alpha value is -2.18. The summed E-state index contributed by atoms with van der Waals surface area (Å²) in [5.41, 5.74) is 1.09. The van der Waals surface area contributed by atoms with Gasteiger partial charge in [-0.2, -0.15) is 4.99 Å². The topological polar surface area (TPSA) is 43.6 Å². The number of thiophene rings is 1. The van der Waals surface area contributed by atoms with Crippen molar-refractivity contribution in [1.29, 1.82) is 0 Å². The van der Waals surface area contributed by atoms with Gasteiger partial charge in [-0.1, -0.05) is 24.3 Å². The molecule has 0 bridgehead atoms. The number of aromatic nitrogens is 1. The molecule has 1 amide bonds. The van der Waals surface area contributed by atoms with E-state index < -0.39 is 0 Å². The van der Waals surface area contributed by atoms with Crippen molar-refractivity contribution in [2.75, 3.05) is 6.61 Å². The molecule has 0 spiro atoms. The number of hydrogen-bond acceptors (Lipinski definition) is 4. The third-order valence-corrected chi connectivity index (χ3v) is 5.43. The van der Waals surface area contributed by atoms with E-state index in [1.807, 2.05) is 42.6 Å². The number of fused-ring (bicyclic) bond motifs is 1. The predicted molar refractivity (Wildman–Crippen MR) is 105 cm³/mol. The molecule has 0 fully saturated rings. The number of carbonyl (C=O) groups excluding carboxylic acids is 1. The van der Waals surface area contributed by atoms with Gasteiger partial charge < -0.3 is 9.30 Å². The molecule has 0 N–H and O–H groups in total. The fourth-order valence-corrected chi connectivity index (χ4v) is 4.21. The zero-order chi connectivity index (χ0) is 17.6. The Bertz CT molecular complexity index is 950. The van der Waals surface area contributed by atoms with Crippen LogP contribution in [0, 0.1) is 0 Å². The largest absolute Gasteiger partial charge is 0.494 e. The van der Waals surface area contributed by atoms with Crippen LogP contribution in [0.5, 0.6) is 5.75 Å². The third kappa shape index (κ3) is 4.27. The molecule has 6 heteroatoms. The second-order valence-corrected chi connectivity index (χ2v) is 7.39. The summed E-state index contributed by atoms with van der Waals surface area (Å²) >= 11 is 3.12. The summed E-state index contributed by atoms with van der Waals surface area (Å²) in [7, 11) is 0. The second kappa shape index (κ2) is 8.27. The van der Waals surface area contributed by atoms with Gasteiger partial charge in [0.1, 0.15) is 5.75 Å². The van der Waals surface area contributed by atoms with Gasteiger partial charge in [0.25, 0.3) is 5.91 Å². The lowest BCUT2D eigenvalue weighted by molar-refractivity contribution is -0.113. The number of benzene rings is 1. The van der Waals surface area contributed by atoms with E-state index in [0.717, 1.165) is 38.6 Å². The number of aryl methyl sites for hydroxylation is 1. The monoisotopic (exact) mass is 372 g/mol. The molecule has 0 atom stereocenters. The van der Waals surface area contributed by atoms with Crippen molar-refractivity contribution in [3.63, 3.8) is 0 Å². The summed E-state index contributed by atoms with van der Waals surface area (Å²) < 4.78 is 8.75. The Labute approximate surface area is 154 Å². The lowest BCUT2D eigenvalue weighted by atomic mass is 10.3. The molecule has 0 aliphatic carbocycles. The highest BCUT2D eigenvalue weighted by Gasteiger charge is 2.08. The van der Waals surface area contributed by atoms with Crippen LogP contribution in [0.25, 0.3) is 16.3 Å². The maximum atomic E-state index is 12.2. The van der Waals surface area contributed by atoms with Gasteiger partial charge in [-0.15, -0.1) is 11.3 Å². The molecule has 0 saturated carbocycles. The number of rotatable bonds is 6. The standard InChI is InChI=1S/C19H20N2O2S2/c1-3-11-21-16-9-7-14(23-4-2)13-17(16)25-19(21)20-18(22)10-8-15-6-5-12-24-15/h5-10,12-13H,3-4,11H2,1-2H3. The first-order valence-electron chi connectivity index (χ1n) is 8.27. The lowest BCUT2D eigenvalue weighted by Crippen LogP contribution is -2.16. The zero-order valence-corrected chi connectivity index (χ0v) is 15.9. The van der Waals surface area contributed by atoms with E-state index >= 15 is 0 Å². The molecule has 2 heterocycles. The average Bonchev–Trinajstić information content (AvgIpc) is 3.22. The van der Waals surface area contributed by atoms with Crippen molar-refractivity contribution in [1.82, 2.24) is 4.57 Å². The quantitative estimate of drug-likeness (QED) is 0.588. The highest BCUT2D eigenvalue weighted by atomic mass is 32.1. The molecular formula is C19H20N2O2S2. The van der Waals surface area contributed by atoms with Crippen LogP contribution in [0.2, 0.25) is 0 Å². The van der Waals surface area contributed by atoms with Crippen molar-refractivity contribution >= 4 is 44.9 Å². The number of hydrogen-bond donors (Lipinski definition) is 0. The van der Waals surface area contributed by atoms with Gasteiger partial charge in [0.15, 0.2) is 4.80 Å². The van der Waals surface area contributed by atoms with E-state index in [4.69, 9.17) is 4.74 Å². The molecule has 0 saturated heterocycles. The molecule has 2 aromatic heterocycles. The Morgan fingerprint density at radius 2 is 2.20 bits per heavy atom. The maximum Gasteiger partial charge on any atom is 0.272 e. The summed E-state index contributed by atoms with van der Waals surface area (Å²) in [5.74, 6) is 0.602. The maximum absolute atomic E-state index is 12.2. The van der Waals surface area contributed by atoms with Gasteiger partial charge in [-0.25, -0.2) is 0 Å². The molecule has 0 aliphatic rings. The van der Waals surface area contributed by atoms with E-state index in [9.17, 15) is 4.79 Å². The minimum Gasteiger partial charge on any atom is -0.494 e. The minimum absolute atomic E-state index is 0.241. The van der Waals surface area contributed by atoms with Gasteiger partial charge in [-0.05, 0) is 49.1 Å². The SMILES string of the molecule is CCCn1c(=NC(=O)C=Cc2cccs2)sc2cc(OCC)ccc21. The molecule has 130 valence electrons. The fraction of sp³-hybridized carbons (Fsp3) is 0.263. The lowest BCUT2D eigenvalue weighted by Gasteiger charge is -2.04. The molecule has 25 heavy (non-hydrogen) atoms. The minimum atomic E-state index is -0.241. The molecule has 0 unspecified atom stereocenters. The molecule has 3 aromatic rings. The molecule has 1 aromatic carbocycles. The van der Waals surface area contributed by atoms with Crippen molar-refractivity contribution in [2.24, 2.45) is 4.99 Å². The molecular weight excluding hydrogens is 352 g/mol. The van der Waals surface area contributed by atoms with Crippen LogP contribution in [0.3, 0.4) is 0 Å². The summed E-state index contributed by atoms with van der Waals surface area (Å²) in [5, 5.41) is 1.98. The molecule has 3 rings (SSSR count). The fourth-order valence-electron chi connectivity index (χ4n) is 2.51. The zero-order valence-electron chi connectivity index (χ0n) is 14.3. The van der Waals surface area contributed by atoms with E-state index in [-0.39, 0.29) is 5.91 Å². The first-order chi connectivity index (χ1) is 12.2. The van der Waals surface area contributed by atoms with Crippen molar-refractivity contribution in [2.45, 2.75) is 26.8 Å². The van der Waals surface area contributed by atoms with Crippen molar-refractivity contribution in [3.8, 4) is 5.75 Å². The van der Waals surface area contributed by atoms with Crippen LogP contribution in [0.4, 0.5) is 0 Å². The second-order valence-electron chi connectivity index (χ2n) is 5.40. The summed E-state index contributed by atoms with van der Waals surface area (Å²) in [6.07, 6.45) is 4.31. The normalized spacial score (nSPS) is 12.3. The van der Waals surface area contributed by atoms with Gasteiger partial charge in [0.2, 0.25) is 0 Å². The van der Waals surface area contributed by atoms with Gasteiger partial charge in [-0.3, -0.25) is 4.79 Å².